The minimum Gasteiger partial charge on any atom is -0.314 e. The lowest BCUT2D eigenvalue weighted by Gasteiger charge is -2.30. The molecule has 100 valence electrons. The van der Waals surface area contributed by atoms with Gasteiger partial charge in [0.1, 0.15) is 0 Å². The van der Waals surface area contributed by atoms with Crippen LogP contribution in [0.1, 0.15) is 38.2 Å². The molecule has 2 unspecified atom stereocenters. The van der Waals surface area contributed by atoms with Crippen LogP contribution in [-0.4, -0.2) is 12.6 Å². The Kier molecular flexibility index (Phi) is 5.53. The fourth-order valence-corrected chi connectivity index (χ4v) is 3.70. The summed E-state index contributed by atoms with van der Waals surface area (Å²) in [4.78, 5) is 0. The lowest BCUT2D eigenvalue weighted by molar-refractivity contribution is 0.287. The van der Waals surface area contributed by atoms with Crippen molar-refractivity contribution in [1.82, 2.24) is 5.32 Å². The van der Waals surface area contributed by atoms with Crippen molar-refractivity contribution in [3.63, 3.8) is 0 Å². The first-order valence-electron chi connectivity index (χ1n) is 6.86. The van der Waals surface area contributed by atoms with E-state index >= 15 is 0 Å². The Balaban J connectivity index is 1.96. The largest absolute Gasteiger partial charge is 0.314 e. The van der Waals surface area contributed by atoms with Crippen LogP contribution in [0, 0.1) is 5.92 Å². The molecule has 0 saturated heterocycles. The molecule has 1 nitrogen and oxygen atoms in total. The molecule has 1 saturated carbocycles. The number of nitrogens with one attached hydrogen (secondary N) is 1. The molecule has 2 rings (SSSR count). The highest BCUT2D eigenvalue weighted by molar-refractivity contribution is 9.10. The Hall–Kier alpha value is -0.0500. The first-order chi connectivity index (χ1) is 8.69. The number of halogens is 2. The van der Waals surface area contributed by atoms with Crippen molar-refractivity contribution < 1.29 is 0 Å². The molecule has 0 amide bonds. The summed E-state index contributed by atoms with van der Waals surface area (Å²) < 4.78 is 1.06. The van der Waals surface area contributed by atoms with Gasteiger partial charge in [-0.05, 0) is 49.4 Å². The summed E-state index contributed by atoms with van der Waals surface area (Å²) >= 11 is 9.76. The Morgan fingerprint density at radius 3 is 2.94 bits per heavy atom. The van der Waals surface area contributed by atoms with Crippen molar-refractivity contribution in [2.75, 3.05) is 6.54 Å². The quantitative estimate of drug-likeness (QED) is 0.835. The van der Waals surface area contributed by atoms with Crippen LogP contribution >= 0.6 is 27.5 Å². The molecule has 1 fully saturated rings. The van der Waals surface area contributed by atoms with Crippen molar-refractivity contribution in [3.05, 3.63) is 33.3 Å². The van der Waals surface area contributed by atoms with Gasteiger partial charge in [0, 0.05) is 15.5 Å². The molecule has 0 bridgehead atoms. The summed E-state index contributed by atoms with van der Waals surface area (Å²) in [5.41, 5.74) is 1.29. The van der Waals surface area contributed by atoms with Gasteiger partial charge in [-0.1, -0.05) is 53.4 Å². The van der Waals surface area contributed by atoms with Gasteiger partial charge in [0.15, 0.2) is 0 Å². The van der Waals surface area contributed by atoms with Crippen LogP contribution in [0.4, 0.5) is 0 Å². The Labute approximate surface area is 123 Å². The summed E-state index contributed by atoms with van der Waals surface area (Å²) in [6.07, 6.45) is 6.43. The van der Waals surface area contributed by atoms with Gasteiger partial charge in [0.2, 0.25) is 0 Å². The van der Waals surface area contributed by atoms with E-state index in [2.05, 4.69) is 40.3 Å². The maximum atomic E-state index is 6.30. The van der Waals surface area contributed by atoms with Crippen LogP contribution in [0.15, 0.2) is 22.7 Å². The summed E-state index contributed by atoms with van der Waals surface area (Å²) in [6.45, 7) is 3.27. The summed E-state index contributed by atoms with van der Waals surface area (Å²) in [5, 5.41) is 4.48. The zero-order valence-electron chi connectivity index (χ0n) is 10.9. The average molecular weight is 331 g/mol. The second-order valence-corrected chi connectivity index (χ2v) is 6.55. The SMILES string of the molecule is CCNC1CCCC(Cc2ccc(Br)cc2Cl)C1. The topological polar surface area (TPSA) is 12.0 Å². The van der Waals surface area contributed by atoms with E-state index in [0.717, 1.165) is 28.4 Å². The van der Waals surface area contributed by atoms with E-state index in [1.165, 1.54) is 31.2 Å². The monoisotopic (exact) mass is 329 g/mol. The zero-order valence-corrected chi connectivity index (χ0v) is 13.2. The van der Waals surface area contributed by atoms with Crippen LogP contribution in [-0.2, 0) is 6.42 Å². The summed E-state index contributed by atoms with van der Waals surface area (Å²) in [5.74, 6) is 0.779. The van der Waals surface area contributed by atoms with Gasteiger partial charge in [-0.2, -0.15) is 0 Å². The third kappa shape index (κ3) is 3.97. The average Bonchev–Trinajstić information content (AvgIpc) is 2.34. The van der Waals surface area contributed by atoms with Gasteiger partial charge in [-0.25, -0.2) is 0 Å². The zero-order chi connectivity index (χ0) is 13.0. The molecule has 0 heterocycles. The highest BCUT2D eigenvalue weighted by Gasteiger charge is 2.22. The predicted molar refractivity (Wildman–Crippen MR) is 82.3 cm³/mol. The van der Waals surface area contributed by atoms with E-state index in [9.17, 15) is 0 Å². The molecule has 1 aliphatic rings. The number of rotatable bonds is 4. The molecule has 1 aromatic carbocycles. The third-order valence-electron chi connectivity index (χ3n) is 3.80. The van der Waals surface area contributed by atoms with Crippen LogP contribution in [0.2, 0.25) is 5.02 Å². The molecule has 1 N–H and O–H groups in total. The minimum absolute atomic E-state index is 0.711. The van der Waals surface area contributed by atoms with Crippen molar-refractivity contribution in [1.29, 1.82) is 0 Å². The van der Waals surface area contributed by atoms with Crippen LogP contribution in [0.25, 0.3) is 0 Å². The van der Waals surface area contributed by atoms with Crippen LogP contribution in [0.5, 0.6) is 0 Å². The molecule has 18 heavy (non-hydrogen) atoms. The predicted octanol–water partition coefficient (Wildman–Crippen LogP) is 4.81. The van der Waals surface area contributed by atoms with Crippen LogP contribution in [0.3, 0.4) is 0 Å². The molecule has 0 spiro atoms. The van der Waals surface area contributed by atoms with E-state index in [0.29, 0.717) is 6.04 Å². The third-order valence-corrected chi connectivity index (χ3v) is 4.64. The first-order valence-corrected chi connectivity index (χ1v) is 8.03. The highest BCUT2D eigenvalue weighted by atomic mass is 79.9. The van der Waals surface area contributed by atoms with E-state index in [4.69, 9.17) is 11.6 Å². The lowest BCUT2D eigenvalue weighted by atomic mass is 9.82. The van der Waals surface area contributed by atoms with E-state index in [-0.39, 0.29) is 0 Å². The van der Waals surface area contributed by atoms with Crippen molar-refractivity contribution in [3.8, 4) is 0 Å². The molecular formula is C15H21BrClN. The van der Waals surface area contributed by atoms with Gasteiger partial charge in [-0.15, -0.1) is 0 Å². The van der Waals surface area contributed by atoms with E-state index in [1.54, 1.807) is 0 Å². The molecule has 3 heteroatoms. The summed E-state index contributed by atoms with van der Waals surface area (Å²) in [7, 11) is 0. The van der Waals surface area contributed by atoms with Crippen LogP contribution < -0.4 is 5.32 Å². The summed E-state index contributed by atoms with van der Waals surface area (Å²) in [6, 6.07) is 6.96. The second kappa shape index (κ2) is 6.93. The molecule has 1 aliphatic carbocycles. The number of hydrogen-bond acceptors (Lipinski definition) is 1. The lowest BCUT2D eigenvalue weighted by Crippen LogP contribution is -2.34. The van der Waals surface area contributed by atoms with Gasteiger partial charge in [0.25, 0.3) is 0 Å². The molecular weight excluding hydrogens is 310 g/mol. The van der Waals surface area contributed by atoms with Gasteiger partial charge in [-0.3, -0.25) is 0 Å². The first kappa shape index (κ1) is 14.4. The normalized spacial score (nSPS) is 24.2. The molecule has 0 aromatic heterocycles. The standard InChI is InChI=1S/C15H21BrClN/c1-2-18-14-5-3-4-11(9-14)8-12-6-7-13(16)10-15(12)17/h6-7,10-11,14,18H,2-5,8-9H2,1H3. The van der Waals surface area contributed by atoms with Crippen molar-refractivity contribution >= 4 is 27.5 Å². The highest BCUT2D eigenvalue weighted by Crippen LogP contribution is 2.30. The van der Waals surface area contributed by atoms with Gasteiger partial charge >= 0.3 is 0 Å². The number of benzene rings is 1. The molecule has 1 aromatic rings. The molecule has 0 radical (unpaired) electrons. The van der Waals surface area contributed by atoms with E-state index < -0.39 is 0 Å². The van der Waals surface area contributed by atoms with Gasteiger partial charge in [0.05, 0.1) is 0 Å². The maximum absolute atomic E-state index is 6.30. The van der Waals surface area contributed by atoms with E-state index in [1.807, 2.05) is 6.07 Å². The van der Waals surface area contributed by atoms with Crippen molar-refractivity contribution in [2.24, 2.45) is 5.92 Å². The Morgan fingerprint density at radius 1 is 1.39 bits per heavy atom. The minimum atomic E-state index is 0.711. The second-order valence-electron chi connectivity index (χ2n) is 5.23. The Morgan fingerprint density at radius 2 is 2.22 bits per heavy atom. The Bertz CT molecular complexity index is 392. The fraction of sp³-hybridized carbons (Fsp3) is 0.600. The van der Waals surface area contributed by atoms with Crippen molar-refractivity contribution in [2.45, 2.75) is 45.1 Å². The maximum Gasteiger partial charge on any atom is 0.0449 e. The smallest absolute Gasteiger partial charge is 0.0449 e. The molecule has 2 atom stereocenters. The molecule has 0 aliphatic heterocycles. The van der Waals surface area contributed by atoms with Gasteiger partial charge < -0.3 is 5.32 Å². The number of hydrogen-bond donors (Lipinski definition) is 1. The fourth-order valence-electron chi connectivity index (χ4n) is 2.95.